The van der Waals surface area contributed by atoms with E-state index in [2.05, 4.69) is 14.8 Å². The standard InChI is InChI=1S/C16H21N3O6/c1-3-24-16(22)25-13-6-4-12(5-7-13)17-14(20)18-8-10-19(11-9-18)15(21)23-2/h4-7H,3,8-11H2,1-2H3,(H,17,20). The lowest BCUT2D eigenvalue weighted by Crippen LogP contribution is -2.51. The van der Waals surface area contributed by atoms with E-state index in [0.717, 1.165) is 0 Å². The van der Waals surface area contributed by atoms with Gasteiger partial charge in [-0.2, -0.15) is 0 Å². The number of urea groups is 1. The van der Waals surface area contributed by atoms with Gasteiger partial charge in [-0.15, -0.1) is 0 Å². The van der Waals surface area contributed by atoms with Crippen molar-refractivity contribution in [2.45, 2.75) is 6.92 Å². The second kappa shape index (κ2) is 8.76. The third-order valence-corrected chi connectivity index (χ3v) is 3.57. The lowest BCUT2D eigenvalue weighted by atomic mass is 10.3. The minimum absolute atomic E-state index is 0.232. The maximum Gasteiger partial charge on any atom is 0.513 e. The number of anilines is 1. The maximum atomic E-state index is 12.2. The summed E-state index contributed by atoms with van der Waals surface area (Å²) in [5.74, 6) is 0.322. The summed E-state index contributed by atoms with van der Waals surface area (Å²) in [6, 6.07) is 6.10. The highest BCUT2D eigenvalue weighted by Crippen LogP contribution is 2.17. The lowest BCUT2D eigenvalue weighted by molar-refractivity contribution is 0.0992. The van der Waals surface area contributed by atoms with E-state index >= 15 is 0 Å². The largest absolute Gasteiger partial charge is 0.513 e. The average Bonchev–Trinajstić information content (AvgIpc) is 2.63. The van der Waals surface area contributed by atoms with E-state index in [1.165, 1.54) is 7.11 Å². The molecule has 1 aliphatic heterocycles. The van der Waals surface area contributed by atoms with E-state index in [9.17, 15) is 14.4 Å². The topological polar surface area (TPSA) is 97.4 Å². The van der Waals surface area contributed by atoms with Crippen LogP contribution >= 0.6 is 0 Å². The molecule has 0 aromatic heterocycles. The van der Waals surface area contributed by atoms with Crippen molar-refractivity contribution >= 4 is 24.0 Å². The second-order valence-electron chi connectivity index (χ2n) is 5.18. The minimum Gasteiger partial charge on any atom is -0.453 e. The van der Waals surface area contributed by atoms with Crippen LogP contribution in [0.5, 0.6) is 5.75 Å². The Morgan fingerprint density at radius 3 is 2.20 bits per heavy atom. The Kier molecular flexibility index (Phi) is 6.44. The van der Waals surface area contributed by atoms with Crippen molar-refractivity contribution in [3.8, 4) is 5.75 Å². The Bertz CT molecular complexity index is 611. The van der Waals surface area contributed by atoms with Crippen molar-refractivity contribution in [1.29, 1.82) is 0 Å². The van der Waals surface area contributed by atoms with Gasteiger partial charge in [-0.1, -0.05) is 0 Å². The Hall–Kier alpha value is -2.97. The van der Waals surface area contributed by atoms with Gasteiger partial charge in [-0.25, -0.2) is 14.4 Å². The molecule has 25 heavy (non-hydrogen) atoms. The molecule has 1 fully saturated rings. The molecular formula is C16H21N3O6. The monoisotopic (exact) mass is 351 g/mol. The molecule has 3 amide bonds. The van der Waals surface area contributed by atoms with Crippen molar-refractivity contribution in [2.24, 2.45) is 0 Å². The van der Waals surface area contributed by atoms with Crippen molar-refractivity contribution < 1.29 is 28.6 Å². The first-order valence-corrected chi connectivity index (χ1v) is 7.87. The van der Waals surface area contributed by atoms with E-state index in [1.807, 2.05) is 0 Å². The number of nitrogens with one attached hydrogen (secondary N) is 1. The smallest absolute Gasteiger partial charge is 0.453 e. The summed E-state index contributed by atoms with van der Waals surface area (Å²) in [5, 5.41) is 2.76. The van der Waals surface area contributed by atoms with Gasteiger partial charge in [0.05, 0.1) is 13.7 Å². The number of carbonyl (C=O) groups excluding carboxylic acids is 3. The fourth-order valence-corrected chi connectivity index (χ4v) is 2.27. The number of methoxy groups -OCH3 is 1. The van der Waals surface area contributed by atoms with E-state index in [4.69, 9.17) is 4.74 Å². The lowest BCUT2D eigenvalue weighted by Gasteiger charge is -2.33. The van der Waals surface area contributed by atoms with Crippen LogP contribution in [0.25, 0.3) is 0 Å². The minimum atomic E-state index is -0.775. The Morgan fingerprint density at radius 2 is 1.64 bits per heavy atom. The molecule has 0 spiro atoms. The van der Waals surface area contributed by atoms with Crippen molar-refractivity contribution in [3.63, 3.8) is 0 Å². The van der Waals surface area contributed by atoms with E-state index in [1.54, 1.807) is 41.0 Å². The summed E-state index contributed by atoms with van der Waals surface area (Å²) in [7, 11) is 1.33. The highest BCUT2D eigenvalue weighted by Gasteiger charge is 2.24. The number of hydrogen-bond acceptors (Lipinski definition) is 6. The molecule has 1 saturated heterocycles. The molecule has 1 aromatic rings. The maximum absolute atomic E-state index is 12.2. The summed E-state index contributed by atoms with van der Waals surface area (Å²) in [6.07, 6.45) is -1.17. The molecule has 0 radical (unpaired) electrons. The van der Waals surface area contributed by atoms with E-state index in [0.29, 0.717) is 37.6 Å². The van der Waals surface area contributed by atoms with Crippen LogP contribution in [0.4, 0.5) is 20.1 Å². The first-order chi connectivity index (χ1) is 12.0. The summed E-state index contributed by atoms with van der Waals surface area (Å²) in [6.45, 7) is 3.61. The number of piperazine rings is 1. The van der Waals surface area contributed by atoms with Gasteiger partial charge in [-0.05, 0) is 31.2 Å². The predicted octanol–water partition coefficient (Wildman–Crippen LogP) is 2.14. The Balaban J connectivity index is 1.83. The van der Waals surface area contributed by atoms with E-state index in [-0.39, 0.29) is 12.6 Å². The van der Waals surface area contributed by atoms with Crippen LogP contribution in [0.1, 0.15) is 6.92 Å². The van der Waals surface area contributed by atoms with Crippen LogP contribution in [0.2, 0.25) is 0 Å². The van der Waals surface area contributed by atoms with Gasteiger partial charge < -0.3 is 29.3 Å². The average molecular weight is 351 g/mol. The molecule has 1 aliphatic rings. The molecule has 0 unspecified atom stereocenters. The molecular weight excluding hydrogens is 330 g/mol. The summed E-state index contributed by atoms with van der Waals surface area (Å²) in [4.78, 5) is 38.0. The second-order valence-corrected chi connectivity index (χ2v) is 5.18. The molecule has 0 atom stereocenters. The Morgan fingerprint density at radius 1 is 1.04 bits per heavy atom. The number of ether oxygens (including phenoxy) is 3. The van der Waals surface area contributed by atoms with Crippen LogP contribution < -0.4 is 10.1 Å². The number of rotatable bonds is 3. The normalized spacial score (nSPS) is 13.8. The van der Waals surface area contributed by atoms with Crippen LogP contribution in [0, 0.1) is 0 Å². The first kappa shape index (κ1) is 18.4. The molecule has 0 bridgehead atoms. The number of amides is 3. The van der Waals surface area contributed by atoms with Gasteiger partial charge in [0.25, 0.3) is 0 Å². The van der Waals surface area contributed by atoms with Crippen molar-refractivity contribution in [1.82, 2.24) is 9.80 Å². The fourth-order valence-electron chi connectivity index (χ4n) is 2.27. The molecule has 0 saturated carbocycles. The van der Waals surface area contributed by atoms with Gasteiger partial charge in [0.2, 0.25) is 0 Å². The molecule has 1 N–H and O–H groups in total. The van der Waals surface area contributed by atoms with Gasteiger partial charge in [0.15, 0.2) is 0 Å². The van der Waals surface area contributed by atoms with E-state index < -0.39 is 12.2 Å². The summed E-state index contributed by atoms with van der Waals surface area (Å²) < 4.78 is 14.3. The molecule has 0 aliphatic carbocycles. The van der Waals surface area contributed by atoms with Gasteiger partial charge in [-0.3, -0.25) is 0 Å². The molecule has 1 aromatic carbocycles. The highest BCUT2D eigenvalue weighted by atomic mass is 16.7. The van der Waals surface area contributed by atoms with Crippen LogP contribution in [-0.2, 0) is 9.47 Å². The molecule has 9 heteroatoms. The van der Waals surface area contributed by atoms with Crippen LogP contribution in [0.3, 0.4) is 0 Å². The first-order valence-electron chi connectivity index (χ1n) is 7.87. The highest BCUT2D eigenvalue weighted by molar-refractivity contribution is 5.89. The summed E-state index contributed by atoms with van der Waals surface area (Å²) in [5.41, 5.74) is 0.566. The van der Waals surface area contributed by atoms with Crippen LogP contribution in [0.15, 0.2) is 24.3 Å². The molecule has 9 nitrogen and oxygen atoms in total. The fraction of sp³-hybridized carbons (Fsp3) is 0.438. The third-order valence-electron chi connectivity index (χ3n) is 3.57. The van der Waals surface area contributed by atoms with Crippen molar-refractivity contribution in [2.75, 3.05) is 45.2 Å². The predicted molar refractivity (Wildman–Crippen MR) is 88.7 cm³/mol. The number of nitrogens with zero attached hydrogens (tertiary/aromatic N) is 2. The third kappa shape index (κ3) is 5.27. The van der Waals surface area contributed by atoms with Gasteiger partial charge in [0.1, 0.15) is 5.75 Å². The Labute approximate surface area is 145 Å². The van der Waals surface area contributed by atoms with Gasteiger partial charge in [0, 0.05) is 31.9 Å². The molecule has 1 heterocycles. The van der Waals surface area contributed by atoms with Gasteiger partial charge >= 0.3 is 18.3 Å². The zero-order chi connectivity index (χ0) is 18.2. The summed E-state index contributed by atoms with van der Waals surface area (Å²) >= 11 is 0. The number of carbonyl (C=O) groups is 3. The van der Waals surface area contributed by atoms with Crippen LogP contribution in [-0.4, -0.2) is 68.0 Å². The quantitative estimate of drug-likeness (QED) is 0.662. The number of benzene rings is 1. The molecule has 136 valence electrons. The van der Waals surface area contributed by atoms with Crippen molar-refractivity contribution in [3.05, 3.63) is 24.3 Å². The zero-order valence-corrected chi connectivity index (χ0v) is 14.2. The number of hydrogen-bond donors (Lipinski definition) is 1. The molecule has 2 rings (SSSR count). The zero-order valence-electron chi connectivity index (χ0n) is 14.2. The SMILES string of the molecule is CCOC(=O)Oc1ccc(NC(=O)N2CCN(C(=O)OC)CC2)cc1.